The lowest BCUT2D eigenvalue weighted by molar-refractivity contribution is -0.116. The van der Waals surface area contributed by atoms with E-state index in [0.29, 0.717) is 17.9 Å². The van der Waals surface area contributed by atoms with Crippen LogP contribution in [0.1, 0.15) is 66.7 Å². The summed E-state index contributed by atoms with van der Waals surface area (Å²) in [5.41, 5.74) is 1.13. The first-order valence-corrected chi connectivity index (χ1v) is 11.2. The smallest absolute Gasteiger partial charge is 0.410 e. The number of likely N-dealkylation sites (tertiary alicyclic amines) is 1. The van der Waals surface area contributed by atoms with E-state index >= 15 is 0 Å². The minimum atomic E-state index is -0.159. The summed E-state index contributed by atoms with van der Waals surface area (Å²) in [7, 11) is 1.73. The van der Waals surface area contributed by atoms with Crippen LogP contribution < -0.4 is 0 Å². The number of methoxy groups -OCH3 is 1. The molecular formula is C23H41NO5. The van der Waals surface area contributed by atoms with Crippen molar-refractivity contribution in [3.63, 3.8) is 0 Å². The third-order valence-corrected chi connectivity index (χ3v) is 6.52. The average Bonchev–Trinajstić information content (AvgIpc) is 3.26. The molecule has 5 atom stereocenters. The number of amides is 1. The summed E-state index contributed by atoms with van der Waals surface area (Å²) in [6, 6.07) is 0.339. The van der Waals surface area contributed by atoms with Gasteiger partial charge in [0.25, 0.3) is 0 Å². The zero-order valence-electron chi connectivity index (χ0n) is 19.1. The summed E-state index contributed by atoms with van der Waals surface area (Å²) >= 11 is 0. The van der Waals surface area contributed by atoms with E-state index in [1.54, 1.807) is 13.2 Å². The summed E-state index contributed by atoms with van der Waals surface area (Å²) in [6.07, 6.45) is 6.34. The Morgan fingerprint density at radius 2 is 2.03 bits per heavy atom. The first-order chi connectivity index (χ1) is 13.8. The molecule has 6 nitrogen and oxygen atoms in total. The third-order valence-electron chi connectivity index (χ3n) is 6.52. The van der Waals surface area contributed by atoms with Gasteiger partial charge in [0.05, 0.1) is 24.9 Å². The molecule has 168 valence electrons. The van der Waals surface area contributed by atoms with E-state index < -0.39 is 0 Å². The van der Waals surface area contributed by atoms with Crippen LogP contribution >= 0.6 is 0 Å². The van der Waals surface area contributed by atoms with Crippen LogP contribution in [0.25, 0.3) is 0 Å². The maximum atomic E-state index is 12.6. The Bertz CT molecular complexity index is 553. The van der Waals surface area contributed by atoms with Gasteiger partial charge in [-0.15, -0.1) is 0 Å². The molecule has 0 aromatic rings. The van der Waals surface area contributed by atoms with Gasteiger partial charge in [-0.05, 0) is 51.9 Å². The molecule has 3 rings (SSSR count). The van der Waals surface area contributed by atoms with Crippen molar-refractivity contribution in [2.24, 2.45) is 11.8 Å². The Morgan fingerprint density at radius 1 is 1.34 bits per heavy atom. The van der Waals surface area contributed by atoms with Crippen molar-refractivity contribution in [3.05, 3.63) is 11.6 Å². The number of carbonyl (C=O) groups excluding carboxylic acids is 1. The van der Waals surface area contributed by atoms with Crippen LogP contribution in [-0.2, 0) is 14.2 Å². The summed E-state index contributed by atoms with van der Waals surface area (Å²) in [5, 5.41) is 8.16. The van der Waals surface area contributed by atoms with Gasteiger partial charge >= 0.3 is 6.09 Å². The molecule has 0 aromatic carbocycles. The Labute approximate surface area is 176 Å². The van der Waals surface area contributed by atoms with E-state index in [1.165, 1.54) is 0 Å². The molecule has 1 spiro atoms. The molecule has 1 aliphatic carbocycles. The van der Waals surface area contributed by atoms with Gasteiger partial charge in [0.15, 0.2) is 0 Å². The van der Waals surface area contributed by atoms with E-state index in [2.05, 4.69) is 20.8 Å². The maximum absolute atomic E-state index is 12.6. The van der Waals surface area contributed by atoms with Crippen LogP contribution in [0, 0.1) is 11.8 Å². The predicted octanol–water partition coefficient (Wildman–Crippen LogP) is 4.16. The molecule has 1 saturated carbocycles. The van der Waals surface area contributed by atoms with Crippen LogP contribution in [-0.4, -0.2) is 66.8 Å². The molecule has 29 heavy (non-hydrogen) atoms. The first kappa shape index (κ1) is 24.2. The highest BCUT2D eigenvalue weighted by Crippen LogP contribution is 2.50. The molecular weight excluding hydrogens is 370 g/mol. The SMILES string of the molecule is CC(C)=CCO.CC[C@@H]1CCCN1C(=O)OC1CC[C@]2(CO2)C(C(C)C)C1OC. The van der Waals surface area contributed by atoms with Crippen molar-refractivity contribution in [2.45, 2.75) is 90.6 Å². The fourth-order valence-corrected chi connectivity index (χ4v) is 4.97. The standard InChI is InChI=1S/C18H31NO4.C5H10O/c1-5-13-7-6-10-19(13)17(20)23-14-8-9-18(11-22-18)15(12(2)3)16(14)21-4;1-5(2)3-4-6/h12-16H,5-11H2,1-4H3;3,6H,4H2,1-2H3/t13-,14?,15?,16?,18+;/m1./s1. The van der Waals surface area contributed by atoms with Gasteiger partial charge in [0.1, 0.15) is 6.10 Å². The lowest BCUT2D eigenvalue weighted by Crippen LogP contribution is -2.53. The van der Waals surface area contributed by atoms with Crippen molar-refractivity contribution in [2.75, 3.05) is 26.9 Å². The van der Waals surface area contributed by atoms with Crippen LogP contribution in [0.5, 0.6) is 0 Å². The van der Waals surface area contributed by atoms with E-state index in [9.17, 15) is 4.79 Å². The molecule has 0 radical (unpaired) electrons. The Morgan fingerprint density at radius 3 is 2.48 bits per heavy atom. The number of aliphatic hydroxyl groups is 1. The number of carbonyl (C=O) groups is 1. The van der Waals surface area contributed by atoms with Gasteiger partial charge < -0.3 is 24.2 Å². The molecule has 3 aliphatic rings. The molecule has 2 saturated heterocycles. The highest BCUT2D eigenvalue weighted by molar-refractivity contribution is 5.68. The van der Waals surface area contributed by atoms with Crippen LogP contribution in [0.2, 0.25) is 0 Å². The van der Waals surface area contributed by atoms with E-state index in [-0.39, 0.29) is 30.5 Å². The Hall–Kier alpha value is -1.11. The van der Waals surface area contributed by atoms with E-state index in [4.69, 9.17) is 19.3 Å². The second-order valence-corrected chi connectivity index (χ2v) is 9.15. The molecule has 1 amide bonds. The van der Waals surface area contributed by atoms with Gasteiger partial charge in [0.2, 0.25) is 0 Å². The van der Waals surface area contributed by atoms with E-state index in [1.807, 2.05) is 18.7 Å². The maximum Gasteiger partial charge on any atom is 0.410 e. The van der Waals surface area contributed by atoms with Crippen molar-refractivity contribution >= 4 is 6.09 Å². The van der Waals surface area contributed by atoms with Gasteiger partial charge in [0, 0.05) is 25.6 Å². The second kappa shape index (κ2) is 10.8. The van der Waals surface area contributed by atoms with Gasteiger partial charge in [-0.3, -0.25) is 0 Å². The fourth-order valence-electron chi connectivity index (χ4n) is 4.97. The summed E-state index contributed by atoms with van der Waals surface area (Å²) in [4.78, 5) is 14.5. The molecule has 0 bridgehead atoms. The molecule has 3 unspecified atom stereocenters. The first-order valence-electron chi connectivity index (χ1n) is 11.2. The number of aliphatic hydroxyl groups excluding tert-OH is 1. The summed E-state index contributed by atoms with van der Waals surface area (Å²) in [6.45, 7) is 12.3. The number of nitrogens with zero attached hydrogens (tertiary/aromatic N) is 1. The number of hydrogen-bond acceptors (Lipinski definition) is 5. The molecule has 2 aliphatic heterocycles. The van der Waals surface area contributed by atoms with Crippen LogP contribution in [0.15, 0.2) is 11.6 Å². The fraction of sp³-hybridized carbons (Fsp3) is 0.870. The number of epoxide rings is 1. The van der Waals surface area contributed by atoms with Crippen LogP contribution in [0.3, 0.4) is 0 Å². The quantitative estimate of drug-likeness (QED) is 0.543. The van der Waals surface area contributed by atoms with Crippen molar-refractivity contribution in [1.29, 1.82) is 0 Å². The Kier molecular flexibility index (Phi) is 8.98. The van der Waals surface area contributed by atoms with Crippen molar-refractivity contribution in [3.8, 4) is 0 Å². The average molecular weight is 412 g/mol. The lowest BCUT2D eigenvalue weighted by Gasteiger charge is -2.43. The molecule has 1 N–H and O–H groups in total. The molecule has 6 heteroatoms. The second-order valence-electron chi connectivity index (χ2n) is 9.15. The molecule has 0 aromatic heterocycles. The topological polar surface area (TPSA) is 71.5 Å². The number of ether oxygens (including phenoxy) is 3. The van der Waals surface area contributed by atoms with Gasteiger partial charge in [-0.2, -0.15) is 0 Å². The monoisotopic (exact) mass is 411 g/mol. The Balaban J connectivity index is 0.000000438. The number of rotatable bonds is 5. The minimum Gasteiger partial charge on any atom is -0.443 e. The van der Waals surface area contributed by atoms with Crippen molar-refractivity contribution in [1.82, 2.24) is 4.90 Å². The van der Waals surface area contributed by atoms with Crippen LogP contribution in [0.4, 0.5) is 4.79 Å². The largest absolute Gasteiger partial charge is 0.443 e. The zero-order valence-corrected chi connectivity index (χ0v) is 19.1. The predicted molar refractivity (Wildman–Crippen MR) is 114 cm³/mol. The highest BCUT2D eigenvalue weighted by atomic mass is 16.6. The highest BCUT2D eigenvalue weighted by Gasteiger charge is 2.60. The van der Waals surface area contributed by atoms with Gasteiger partial charge in [-0.1, -0.05) is 32.4 Å². The summed E-state index contributed by atoms with van der Waals surface area (Å²) < 4.78 is 17.5. The normalized spacial score (nSPS) is 33.3. The molecule has 3 fully saturated rings. The van der Waals surface area contributed by atoms with Crippen molar-refractivity contribution < 1.29 is 24.1 Å². The number of allylic oxidation sites excluding steroid dienone is 1. The third kappa shape index (κ3) is 5.96. The lowest BCUT2D eigenvalue weighted by atomic mass is 9.70. The minimum absolute atomic E-state index is 0.0304. The number of hydrogen-bond donors (Lipinski definition) is 1. The van der Waals surface area contributed by atoms with E-state index in [0.717, 1.165) is 50.8 Å². The van der Waals surface area contributed by atoms with Gasteiger partial charge in [-0.25, -0.2) is 4.79 Å². The summed E-state index contributed by atoms with van der Waals surface area (Å²) in [5.74, 6) is 0.735. The zero-order chi connectivity index (χ0) is 21.6. The molecule has 2 heterocycles.